The van der Waals surface area contributed by atoms with E-state index in [-0.39, 0.29) is 11.6 Å². The van der Waals surface area contributed by atoms with Crippen molar-refractivity contribution < 1.29 is 14.3 Å². The molecule has 0 radical (unpaired) electrons. The van der Waals surface area contributed by atoms with Crippen molar-refractivity contribution in [2.24, 2.45) is 5.92 Å². The van der Waals surface area contributed by atoms with Gasteiger partial charge in [0.2, 0.25) is 0 Å². The molecule has 1 aliphatic rings. The Balaban J connectivity index is 1.79. The van der Waals surface area contributed by atoms with E-state index in [1.165, 1.54) is 12.4 Å². The van der Waals surface area contributed by atoms with E-state index in [1.807, 2.05) is 4.90 Å². The van der Waals surface area contributed by atoms with Crippen LogP contribution in [0.15, 0.2) is 30.6 Å². The predicted molar refractivity (Wildman–Crippen MR) is 88.7 cm³/mol. The molecule has 0 unspecified atom stereocenters. The fourth-order valence-electron chi connectivity index (χ4n) is 2.77. The van der Waals surface area contributed by atoms with Crippen LogP contribution in [0.2, 0.25) is 0 Å². The summed E-state index contributed by atoms with van der Waals surface area (Å²) in [6, 6.07) is 6.24. The lowest BCUT2D eigenvalue weighted by atomic mass is 9.97. The molecule has 0 amide bonds. The van der Waals surface area contributed by atoms with Crippen molar-refractivity contribution in [3.63, 3.8) is 0 Å². The Bertz CT molecular complexity index is 747. The van der Waals surface area contributed by atoms with Crippen molar-refractivity contribution in [1.82, 2.24) is 9.97 Å². The first kappa shape index (κ1) is 16.0. The van der Waals surface area contributed by atoms with Crippen LogP contribution in [0.25, 0.3) is 0 Å². The van der Waals surface area contributed by atoms with Crippen LogP contribution >= 0.6 is 0 Å². The number of nitrogens with two attached hydrogens (primary N) is 1. The van der Waals surface area contributed by atoms with E-state index >= 15 is 0 Å². The molecule has 1 aromatic carbocycles. The summed E-state index contributed by atoms with van der Waals surface area (Å²) >= 11 is 0. The fourth-order valence-corrected chi connectivity index (χ4v) is 2.77. The third-order valence-electron chi connectivity index (χ3n) is 4.13. The number of benzene rings is 1. The first-order valence-corrected chi connectivity index (χ1v) is 7.66. The number of nitrogen functional groups attached to an aromatic ring is 1. The molecule has 1 aromatic heterocycles. The molecule has 8 heteroatoms. The summed E-state index contributed by atoms with van der Waals surface area (Å²) in [5, 5.41) is 11.9. The largest absolute Gasteiger partial charge is 0.481 e. The Kier molecular flexibility index (Phi) is 4.45. The van der Waals surface area contributed by atoms with E-state index in [9.17, 15) is 9.18 Å². The highest BCUT2D eigenvalue weighted by atomic mass is 19.1. The monoisotopic (exact) mass is 331 g/mol. The molecule has 3 rings (SSSR count). The molecule has 0 bridgehead atoms. The van der Waals surface area contributed by atoms with Crippen molar-refractivity contribution in [3.05, 3.63) is 36.4 Å². The fraction of sp³-hybridized carbons (Fsp3) is 0.312. The zero-order valence-electron chi connectivity index (χ0n) is 12.9. The molecule has 2 heterocycles. The normalized spacial score (nSPS) is 15.3. The third kappa shape index (κ3) is 3.22. The lowest BCUT2D eigenvalue weighted by molar-refractivity contribution is -0.142. The smallest absolute Gasteiger partial charge is 0.306 e. The topological polar surface area (TPSA) is 104 Å². The number of carboxylic acid groups (broad SMARTS) is 1. The van der Waals surface area contributed by atoms with Gasteiger partial charge in [0.15, 0.2) is 11.6 Å². The molecule has 24 heavy (non-hydrogen) atoms. The SMILES string of the molecule is Nc1c(Nc2ccccc2F)ncnc1N1CCC(C(=O)O)CC1. The minimum absolute atomic E-state index is 0.276. The second kappa shape index (κ2) is 6.69. The van der Waals surface area contributed by atoms with Crippen LogP contribution < -0.4 is 16.0 Å². The average molecular weight is 331 g/mol. The van der Waals surface area contributed by atoms with Crippen molar-refractivity contribution >= 4 is 29.0 Å². The third-order valence-corrected chi connectivity index (χ3v) is 4.13. The Morgan fingerprint density at radius 1 is 1.29 bits per heavy atom. The lowest BCUT2D eigenvalue weighted by Gasteiger charge is -2.31. The predicted octanol–water partition coefficient (Wildman–Crippen LogP) is 2.24. The summed E-state index contributed by atoms with van der Waals surface area (Å²) in [5.74, 6) is -0.648. The van der Waals surface area contributed by atoms with Gasteiger partial charge in [-0.15, -0.1) is 0 Å². The van der Waals surface area contributed by atoms with Crippen LogP contribution in [-0.4, -0.2) is 34.1 Å². The Morgan fingerprint density at radius 2 is 2.00 bits per heavy atom. The number of nitrogens with one attached hydrogen (secondary N) is 1. The number of para-hydroxylation sites is 1. The van der Waals surface area contributed by atoms with Crippen LogP contribution in [0.5, 0.6) is 0 Å². The molecular weight excluding hydrogens is 313 g/mol. The zero-order valence-corrected chi connectivity index (χ0v) is 12.9. The van der Waals surface area contributed by atoms with E-state index in [0.29, 0.717) is 43.3 Å². The van der Waals surface area contributed by atoms with Crippen molar-refractivity contribution in [1.29, 1.82) is 0 Å². The number of rotatable bonds is 4. The van der Waals surface area contributed by atoms with Crippen LogP contribution in [-0.2, 0) is 4.79 Å². The van der Waals surface area contributed by atoms with Gasteiger partial charge < -0.3 is 21.1 Å². The first-order valence-electron chi connectivity index (χ1n) is 7.66. The van der Waals surface area contributed by atoms with Gasteiger partial charge in [-0.25, -0.2) is 14.4 Å². The number of anilines is 4. The molecule has 1 saturated heterocycles. The molecule has 0 spiro atoms. The second-order valence-corrected chi connectivity index (χ2v) is 5.66. The van der Waals surface area contributed by atoms with Gasteiger partial charge in [-0.3, -0.25) is 4.79 Å². The Labute approximate surface area is 138 Å². The maximum absolute atomic E-state index is 13.8. The van der Waals surface area contributed by atoms with Crippen LogP contribution in [0.4, 0.5) is 27.4 Å². The lowest BCUT2D eigenvalue weighted by Crippen LogP contribution is -2.37. The molecule has 2 aromatic rings. The molecule has 4 N–H and O–H groups in total. The van der Waals surface area contributed by atoms with E-state index < -0.39 is 11.8 Å². The molecule has 7 nitrogen and oxygen atoms in total. The summed E-state index contributed by atoms with van der Waals surface area (Å²) in [5.41, 5.74) is 6.73. The Hall–Kier alpha value is -2.90. The van der Waals surface area contributed by atoms with Gasteiger partial charge in [-0.1, -0.05) is 12.1 Å². The van der Waals surface area contributed by atoms with Crippen LogP contribution in [0.3, 0.4) is 0 Å². The summed E-state index contributed by atoms with van der Waals surface area (Å²) in [7, 11) is 0. The minimum Gasteiger partial charge on any atom is -0.481 e. The molecule has 0 saturated carbocycles. The summed E-state index contributed by atoms with van der Waals surface area (Å²) in [6.45, 7) is 1.11. The van der Waals surface area contributed by atoms with Crippen LogP contribution in [0.1, 0.15) is 12.8 Å². The van der Waals surface area contributed by atoms with Gasteiger partial charge in [0.25, 0.3) is 0 Å². The minimum atomic E-state index is -0.771. The van der Waals surface area contributed by atoms with Gasteiger partial charge in [-0.05, 0) is 25.0 Å². The summed E-state index contributed by atoms with van der Waals surface area (Å²) < 4.78 is 13.8. The maximum Gasteiger partial charge on any atom is 0.306 e. The van der Waals surface area contributed by atoms with E-state index in [4.69, 9.17) is 10.8 Å². The van der Waals surface area contributed by atoms with Crippen molar-refractivity contribution in [2.75, 3.05) is 29.0 Å². The number of piperidine rings is 1. The van der Waals surface area contributed by atoms with Crippen molar-refractivity contribution in [2.45, 2.75) is 12.8 Å². The average Bonchev–Trinajstić information content (AvgIpc) is 2.59. The van der Waals surface area contributed by atoms with Gasteiger partial charge in [0.1, 0.15) is 17.8 Å². The highest BCUT2D eigenvalue weighted by Gasteiger charge is 2.26. The molecule has 126 valence electrons. The highest BCUT2D eigenvalue weighted by Crippen LogP contribution is 2.31. The first-order chi connectivity index (χ1) is 11.6. The van der Waals surface area contributed by atoms with Gasteiger partial charge in [0, 0.05) is 13.1 Å². The number of carboxylic acids is 1. The molecule has 1 aliphatic heterocycles. The van der Waals surface area contributed by atoms with Gasteiger partial charge in [0.05, 0.1) is 11.6 Å². The quantitative estimate of drug-likeness (QED) is 0.789. The number of aliphatic carboxylic acids is 1. The highest BCUT2D eigenvalue weighted by molar-refractivity contribution is 5.78. The standard InChI is InChI=1S/C16H18FN5O2/c17-11-3-1-2-4-12(11)21-14-13(18)15(20-9-19-14)22-7-5-10(6-8-22)16(23)24/h1-4,9-10H,5-8,18H2,(H,23,24)(H,19,20,21). The number of hydrogen-bond acceptors (Lipinski definition) is 6. The van der Waals surface area contributed by atoms with Gasteiger partial charge in [-0.2, -0.15) is 0 Å². The Morgan fingerprint density at radius 3 is 2.67 bits per heavy atom. The number of aromatic nitrogens is 2. The van der Waals surface area contributed by atoms with Crippen LogP contribution in [0, 0.1) is 11.7 Å². The van der Waals surface area contributed by atoms with E-state index in [0.717, 1.165) is 0 Å². The van der Waals surface area contributed by atoms with Crippen molar-refractivity contribution in [3.8, 4) is 0 Å². The summed E-state index contributed by atoms with van der Waals surface area (Å²) in [4.78, 5) is 21.3. The second-order valence-electron chi connectivity index (χ2n) is 5.66. The number of halogens is 1. The van der Waals surface area contributed by atoms with E-state index in [2.05, 4.69) is 15.3 Å². The van der Waals surface area contributed by atoms with E-state index in [1.54, 1.807) is 18.2 Å². The maximum atomic E-state index is 13.8. The molecule has 0 aliphatic carbocycles. The van der Waals surface area contributed by atoms with Gasteiger partial charge >= 0.3 is 5.97 Å². The molecular formula is C16H18FN5O2. The number of nitrogens with zero attached hydrogens (tertiary/aromatic N) is 3. The number of carbonyl (C=O) groups is 1. The molecule has 1 fully saturated rings. The summed E-state index contributed by atoms with van der Waals surface area (Å²) in [6.07, 6.45) is 2.43. The molecule has 0 atom stereocenters. The number of hydrogen-bond donors (Lipinski definition) is 3. The zero-order chi connectivity index (χ0) is 17.1.